The molecule has 0 amide bonds. The van der Waals surface area contributed by atoms with E-state index in [1.54, 1.807) is 25.3 Å². The summed E-state index contributed by atoms with van der Waals surface area (Å²) in [6.07, 6.45) is 1.65. The molecule has 3 nitrogen and oxygen atoms in total. The van der Waals surface area contributed by atoms with Gasteiger partial charge in [0.1, 0.15) is 5.75 Å². The standard InChI is InChI=1S/C6H7NO.H2O/c1-5-6(8)3-2-4-7-5;/h2-4,8H,1H3;1H2. The monoisotopic (exact) mass is 127 g/mol. The molecule has 0 atom stereocenters. The van der Waals surface area contributed by atoms with Crippen molar-refractivity contribution in [2.45, 2.75) is 6.92 Å². The fourth-order valence-electron chi connectivity index (χ4n) is 0.476. The summed E-state index contributed by atoms with van der Waals surface area (Å²) in [5.74, 6) is 0.257. The normalized spacial score (nSPS) is 8.11. The molecule has 9 heavy (non-hydrogen) atoms. The number of aromatic hydroxyl groups is 1. The van der Waals surface area contributed by atoms with Gasteiger partial charge in [0.2, 0.25) is 0 Å². The molecule has 1 rings (SSSR count). The van der Waals surface area contributed by atoms with Crippen LogP contribution in [0.3, 0.4) is 0 Å². The van der Waals surface area contributed by atoms with Crippen LogP contribution in [0.5, 0.6) is 5.75 Å². The molecule has 0 saturated carbocycles. The first-order chi connectivity index (χ1) is 3.80. The molecule has 3 N–H and O–H groups in total. The lowest BCUT2D eigenvalue weighted by atomic mass is 10.3. The molecule has 0 aliphatic heterocycles. The number of rotatable bonds is 0. The van der Waals surface area contributed by atoms with Gasteiger partial charge in [0, 0.05) is 6.20 Å². The molecule has 1 aromatic rings. The lowest BCUT2D eigenvalue weighted by Crippen LogP contribution is -1.76. The third-order valence-corrected chi connectivity index (χ3v) is 0.979. The van der Waals surface area contributed by atoms with Crippen LogP contribution < -0.4 is 0 Å². The van der Waals surface area contributed by atoms with Crippen molar-refractivity contribution in [3.05, 3.63) is 24.0 Å². The molecule has 0 radical (unpaired) electrons. The van der Waals surface area contributed by atoms with Crippen LogP contribution in [0.1, 0.15) is 5.69 Å². The lowest BCUT2D eigenvalue weighted by molar-refractivity contribution is 0.467. The van der Waals surface area contributed by atoms with Crippen molar-refractivity contribution in [1.29, 1.82) is 0 Å². The van der Waals surface area contributed by atoms with Crippen molar-refractivity contribution < 1.29 is 10.6 Å². The number of aryl methyl sites for hydroxylation is 1. The number of hydrogen-bond donors (Lipinski definition) is 1. The van der Waals surface area contributed by atoms with Crippen molar-refractivity contribution in [3.63, 3.8) is 0 Å². The highest BCUT2D eigenvalue weighted by Gasteiger charge is 1.88. The topological polar surface area (TPSA) is 64.6 Å². The minimum Gasteiger partial charge on any atom is -0.506 e. The van der Waals surface area contributed by atoms with Crippen molar-refractivity contribution in [1.82, 2.24) is 4.98 Å². The Labute approximate surface area is 53.3 Å². The van der Waals surface area contributed by atoms with E-state index in [1.807, 2.05) is 0 Å². The van der Waals surface area contributed by atoms with Gasteiger partial charge >= 0.3 is 0 Å². The van der Waals surface area contributed by atoms with E-state index in [-0.39, 0.29) is 11.2 Å². The Bertz CT molecular complexity index is 167. The summed E-state index contributed by atoms with van der Waals surface area (Å²) in [6.45, 7) is 1.76. The highest BCUT2D eigenvalue weighted by molar-refractivity contribution is 5.22. The number of pyridine rings is 1. The van der Waals surface area contributed by atoms with Gasteiger partial charge in [-0.25, -0.2) is 0 Å². The molecule has 0 aromatic carbocycles. The lowest BCUT2D eigenvalue weighted by Gasteiger charge is -1.91. The fourth-order valence-corrected chi connectivity index (χ4v) is 0.476. The van der Waals surface area contributed by atoms with Crippen LogP contribution in [0.4, 0.5) is 0 Å². The van der Waals surface area contributed by atoms with Crippen molar-refractivity contribution in [2.75, 3.05) is 0 Å². The van der Waals surface area contributed by atoms with Gasteiger partial charge in [0.15, 0.2) is 0 Å². The van der Waals surface area contributed by atoms with Gasteiger partial charge in [-0.3, -0.25) is 4.98 Å². The van der Waals surface area contributed by atoms with Crippen LogP contribution in [-0.4, -0.2) is 15.6 Å². The predicted octanol–water partition coefficient (Wildman–Crippen LogP) is 0.271. The zero-order chi connectivity index (χ0) is 5.98. The maximum Gasteiger partial charge on any atom is 0.136 e. The third-order valence-electron chi connectivity index (χ3n) is 0.979. The van der Waals surface area contributed by atoms with Crippen molar-refractivity contribution in [2.24, 2.45) is 0 Å². The first-order valence-electron chi connectivity index (χ1n) is 2.41. The smallest absolute Gasteiger partial charge is 0.136 e. The van der Waals surface area contributed by atoms with Crippen LogP contribution in [-0.2, 0) is 0 Å². The summed E-state index contributed by atoms with van der Waals surface area (Å²) in [5.41, 5.74) is 0.674. The molecule has 50 valence electrons. The van der Waals surface area contributed by atoms with Gasteiger partial charge in [-0.05, 0) is 19.1 Å². The second-order valence-electron chi connectivity index (χ2n) is 1.61. The molecule has 0 saturated heterocycles. The van der Waals surface area contributed by atoms with E-state index in [9.17, 15) is 0 Å². The van der Waals surface area contributed by atoms with E-state index in [0.29, 0.717) is 5.69 Å². The summed E-state index contributed by atoms with van der Waals surface area (Å²) in [5, 5.41) is 8.86. The molecule has 0 fully saturated rings. The summed E-state index contributed by atoms with van der Waals surface area (Å²) in [6, 6.07) is 3.31. The number of aromatic nitrogens is 1. The minimum atomic E-state index is 0. The van der Waals surface area contributed by atoms with E-state index >= 15 is 0 Å². The van der Waals surface area contributed by atoms with Gasteiger partial charge in [-0.1, -0.05) is 0 Å². The van der Waals surface area contributed by atoms with E-state index in [2.05, 4.69) is 4.98 Å². The molecular weight excluding hydrogens is 118 g/mol. The molecular formula is C6H9NO2. The molecule has 0 aliphatic rings. The fraction of sp³-hybridized carbons (Fsp3) is 0.167. The van der Waals surface area contributed by atoms with Gasteiger partial charge < -0.3 is 10.6 Å². The predicted molar refractivity (Wildman–Crippen MR) is 34.3 cm³/mol. The molecule has 1 aromatic heterocycles. The Morgan fingerprint density at radius 3 is 2.56 bits per heavy atom. The van der Waals surface area contributed by atoms with Gasteiger partial charge in [-0.2, -0.15) is 0 Å². The molecule has 0 bridgehead atoms. The molecule has 1 heterocycles. The van der Waals surface area contributed by atoms with Gasteiger partial charge in [0.05, 0.1) is 5.69 Å². The SMILES string of the molecule is Cc1ncccc1O.O. The Morgan fingerprint density at radius 2 is 2.22 bits per heavy atom. The maximum atomic E-state index is 8.86. The van der Waals surface area contributed by atoms with E-state index < -0.39 is 0 Å². The summed E-state index contributed by atoms with van der Waals surface area (Å²) < 4.78 is 0. The second-order valence-corrected chi connectivity index (χ2v) is 1.61. The highest BCUT2D eigenvalue weighted by atomic mass is 16.3. The summed E-state index contributed by atoms with van der Waals surface area (Å²) in [4.78, 5) is 3.83. The average Bonchev–Trinajstić information content (AvgIpc) is 1.77. The zero-order valence-electron chi connectivity index (χ0n) is 5.13. The minimum absolute atomic E-state index is 0. The first-order valence-corrected chi connectivity index (χ1v) is 2.41. The Kier molecular flexibility index (Phi) is 2.67. The van der Waals surface area contributed by atoms with Gasteiger partial charge in [0.25, 0.3) is 0 Å². The summed E-state index contributed by atoms with van der Waals surface area (Å²) >= 11 is 0. The van der Waals surface area contributed by atoms with Crippen LogP contribution in [0.2, 0.25) is 0 Å². The maximum absolute atomic E-state index is 8.86. The van der Waals surface area contributed by atoms with E-state index in [1.165, 1.54) is 0 Å². The van der Waals surface area contributed by atoms with E-state index in [4.69, 9.17) is 5.11 Å². The van der Waals surface area contributed by atoms with Crippen LogP contribution in [0.15, 0.2) is 18.3 Å². The van der Waals surface area contributed by atoms with Crippen LogP contribution in [0.25, 0.3) is 0 Å². The number of hydrogen-bond acceptors (Lipinski definition) is 2. The zero-order valence-corrected chi connectivity index (χ0v) is 5.13. The van der Waals surface area contributed by atoms with Gasteiger partial charge in [-0.15, -0.1) is 0 Å². The third kappa shape index (κ3) is 1.70. The number of nitrogens with zero attached hydrogens (tertiary/aromatic N) is 1. The Morgan fingerprint density at radius 1 is 1.56 bits per heavy atom. The largest absolute Gasteiger partial charge is 0.506 e. The van der Waals surface area contributed by atoms with Crippen molar-refractivity contribution in [3.8, 4) is 5.75 Å². The quantitative estimate of drug-likeness (QED) is 0.543. The highest BCUT2D eigenvalue weighted by Crippen LogP contribution is 2.08. The second kappa shape index (κ2) is 3.04. The molecule has 3 heteroatoms. The Balaban J connectivity index is 0.000000640. The van der Waals surface area contributed by atoms with Crippen molar-refractivity contribution >= 4 is 0 Å². The molecule has 0 spiro atoms. The molecule has 0 aliphatic carbocycles. The average molecular weight is 127 g/mol. The van der Waals surface area contributed by atoms with E-state index in [0.717, 1.165) is 0 Å². The Hall–Kier alpha value is -1.09. The molecule has 0 unspecified atom stereocenters. The van der Waals surface area contributed by atoms with Crippen LogP contribution >= 0.6 is 0 Å². The summed E-state index contributed by atoms with van der Waals surface area (Å²) in [7, 11) is 0. The van der Waals surface area contributed by atoms with Crippen LogP contribution in [0, 0.1) is 6.92 Å². The first kappa shape index (κ1) is 7.91.